The Labute approximate surface area is 122 Å². The van der Waals surface area contributed by atoms with E-state index in [4.69, 9.17) is 0 Å². The highest BCUT2D eigenvalue weighted by Crippen LogP contribution is 2.14. The average molecular weight is 280 g/mol. The van der Waals surface area contributed by atoms with Gasteiger partial charge in [-0.05, 0) is 33.6 Å². The second-order valence-electron chi connectivity index (χ2n) is 4.84. The van der Waals surface area contributed by atoms with Gasteiger partial charge >= 0.3 is 0 Å². The summed E-state index contributed by atoms with van der Waals surface area (Å²) in [7, 11) is 0. The maximum Gasteiger partial charge on any atom is 0.231 e. The van der Waals surface area contributed by atoms with Crippen LogP contribution in [0.5, 0.6) is 0 Å². The van der Waals surface area contributed by atoms with Gasteiger partial charge in [-0.3, -0.25) is 0 Å². The molecule has 20 heavy (non-hydrogen) atoms. The molecule has 1 unspecified atom stereocenters. The molecule has 6 nitrogen and oxygen atoms in total. The van der Waals surface area contributed by atoms with E-state index in [0.29, 0.717) is 17.9 Å². The Morgan fingerprint density at radius 2 is 1.65 bits per heavy atom. The van der Waals surface area contributed by atoms with Crippen LogP contribution >= 0.6 is 0 Å². The summed E-state index contributed by atoms with van der Waals surface area (Å²) in [6, 6.07) is 0.348. The molecule has 1 rings (SSSR count). The summed E-state index contributed by atoms with van der Waals surface area (Å²) in [5.41, 5.74) is 0. The Hall–Kier alpha value is -1.59. The van der Waals surface area contributed by atoms with Crippen LogP contribution in [0.25, 0.3) is 0 Å². The minimum atomic E-state index is 0.348. The summed E-state index contributed by atoms with van der Waals surface area (Å²) in [4.78, 5) is 15.6. The lowest BCUT2D eigenvalue weighted by atomic mass is 10.3. The van der Waals surface area contributed by atoms with E-state index in [1.807, 2.05) is 0 Å². The fourth-order valence-electron chi connectivity index (χ4n) is 1.72. The van der Waals surface area contributed by atoms with Crippen LogP contribution in [0.4, 0.5) is 17.8 Å². The van der Waals surface area contributed by atoms with Crippen LogP contribution in [-0.2, 0) is 0 Å². The third-order valence-electron chi connectivity index (χ3n) is 3.19. The van der Waals surface area contributed by atoms with Crippen LogP contribution in [0.3, 0.4) is 0 Å². The van der Waals surface area contributed by atoms with Crippen molar-refractivity contribution in [3.8, 4) is 0 Å². The second kappa shape index (κ2) is 8.55. The van der Waals surface area contributed by atoms with Gasteiger partial charge in [0.05, 0.1) is 0 Å². The van der Waals surface area contributed by atoms with E-state index in [-0.39, 0.29) is 0 Å². The number of nitrogens with one attached hydrogen (secondary N) is 2. The van der Waals surface area contributed by atoms with Gasteiger partial charge in [0.15, 0.2) is 0 Å². The zero-order valence-corrected chi connectivity index (χ0v) is 13.4. The van der Waals surface area contributed by atoms with Crippen LogP contribution in [0.1, 0.15) is 47.5 Å². The molecule has 0 amide bonds. The highest BCUT2D eigenvalue weighted by Gasteiger charge is 2.12. The van der Waals surface area contributed by atoms with Crippen molar-refractivity contribution in [1.29, 1.82) is 0 Å². The highest BCUT2D eigenvalue weighted by atomic mass is 15.3. The summed E-state index contributed by atoms with van der Waals surface area (Å²) in [6.45, 7) is 13.2. The molecule has 2 N–H and O–H groups in total. The van der Waals surface area contributed by atoms with Gasteiger partial charge in [0, 0.05) is 25.7 Å². The molecule has 0 bridgehead atoms. The van der Waals surface area contributed by atoms with Crippen molar-refractivity contribution in [3.05, 3.63) is 0 Å². The van der Waals surface area contributed by atoms with Crippen molar-refractivity contribution in [1.82, 2.24) is 15.0 Å². The zero-order chi connectivity index (χ0) is 15.0. The standard InChI is InChI=1S/C14H28N6/c1-6-10-15-12-17-13(16-11(5)7-2)19-14(18-12)20(8-3)9-4/h11H,6-10H2,1-5H3,(H2,15,16,17,18,19). The van der Waals surface area contributed by atoms with Crippen molar-refractivity contribution in [2.45, 2.75) is 53.5 Å². The molecule has 0 spiro atoms. The lowest BCUT2D eigenvalue weighted by molar-refractivity contribution is 0.745. The summed E-state index contributed by atoms with van der Waals surface area (Å²) in [5.74, 6) is 2.03. The molecule has 1 heterocycles. The molecule has 0 fully saturated rings. The lowest BCUT2D eigenvalue weighted by Gasteiger charge is -2.20. The van der Waals surface area contributed by atoms with Crippen molar-refractivity contribution in [2.24, 2.45) is 0 Å². The van der Waals surface area contributed by atoms with E-state index in [2.05, 4.69) is 65.1 Å². The molecule has 0 saturated heterocycles. The van der Waals surface area contributed by atoms with Gasteiger partial charge in [-0.2, -0.15) is 15.0 Å². The summed E-state index contributed by atoms with van der Waals surface area (Å²) in [5, 5.41) is 6.56. The molecule has 0 aliphatic carbocycles. The molecule has 114 valence electrons. The normalized spacial score (nSPS) is 12.1. The molecule has 1 aromatic heterocycles. The van der Waals surface area contributed by atoms with E-state index in [0.717, 1.165) is 38.4 Å². The third-order valence-corrected chi connectivity index (χ3v) is 3.19. The smallest absolute Gasteiger partial charge is 0.231 e. The Morgan fingerprint density at radius 1 is 1.00 bits per heavy atom. The van der Waals surface area contributed by atoms with Crippen LogP contribution < -0.4 is 15.5 Å². The average Bonchev–Trinajstić information content (AvgIpc) is 2.46. The van der Waals surface area contributed by atoms with Crippen LogP contribution in [0, 0.1) is 0 Å². The van der Waals surface area contributed by atoms with Crippen LogP contribution in [0.2, 0.25) is 0 Å². The third kappa shape index (κ3) is 4.83. The number of hydrogen-bond acceptors (Lipinski definition) is 6. The Kier molecular flexibility index (Phi) is 7.04. The van der Waals surface area contributed by atoms with Crippen LogP contribution in [0.15, 0.2) is 0 Å². The molecule has 0 radical (unpaired) electrons. The number of hydrogen-bond donors (Lipinski definition) is 2. The molecule has 1 aromatic rings. The zero-order valence-electron chi connectivity index (χ0n) is 13.4. The van der Waals surface area contributed by atoms with E-state index in [9.17, 15) is 0 Å². The molecule has 1 atom stereocenters. The molecule has 0 aliphatic heterocycles. The minimum Gasteiger partial charge on any atom is -0.354 e. The van der Waals surface area contributed by atoms with Crippen molar-refractivity contribution >= 4 is 17.8 Å². The quantitative estimate of drug-likeness (QED) is 0.725. The highest BCUT2D eigenvalue weighted by molar-refractivity contribution is 5.44. The van der Waals surface area contributed by atoms with E-state index in [1.54, 1.807) is 0 Å². The van der Waals surface area contributed by atoms with Gasteiger partial charge in [0.25, 0.3) is 0 Å². The summed E-state index contributed by atoms with van der Waals surface area (Å²) < 4.78 is 0. The molecule has 0 aliphatic rings. The number of anilines is 3. The van der Waals surface area contributed by atoms with Crippen molar-refractivity contribution in [3.63, 3.8) is 0 Å². The largest absolute Gasteiger partial charge is 0.354 e. The summed E-state index contributed by atoms with van der Waals surface area (Å²) in [6.07, 6.45) is 2.07. The molecule has 0 saturated carbocycles. The number of nitrogens with zero attached hydrogens (tertiary/aromatic N) is 4. The SMILES string of the molecule is CCCNc1nc(NC(C)CC)nc(N(CC)CC)n1. The minimum absolute atomic E-state index is 0.348. The Morgan fingerprint density at radius 3 is 2.20 bits per heavy atom. The first-order chi connectivity index (χ1) is 9.64. The molecule has 0 aromatic carbocycles. The first-order valence-electron chi connectivity index (χ1n) is 7.65. The number of aromatic nitrogens is 3. The van der Waals surface area contributed by atoms with Gasteiger partial charge in [-0.1, -0.05) is 13.8 Å². The number of rotatable bonds is 9. The molecular weight excluding hydrogens is 252 g/mol. The van der Waals surface area contributed by atoms with Gasteiger partial charge in [-0.25, -0.2) is 0 Å². The fraction of sp³-hybridized carbons (Fsp3) is 0.786. The van der Waals surface area contributed by atoms with E-state index < -0.39 is 0 Å². The topological polar surface area (TPSA) is 66.0 Å². The van der Waals surface area contributed by atoms with Gasteiger partial charge in [0.1, 0.15) is 0 Å². The predicted octanol–water partition coefficient (Wildman–Crippen LogP) is 2.75. The first kappa shape index (κ1) is 16.5. The maximum atomic E-state index is 4.52. The van der Waals surface area contributed by atoms with Crippen molar-refractivity contribution in [2.75, 3.05) is 35.2 Å². The molecule has 6 heteroatoms. The first-order valence-corrected chi connectivity index (χ1v) is 7.65. The van der Waals surface area contributed by atoms with Crippen molar-refractivity contribution < 1.29 is 0 Å². The van der Waals surface area contributed by atoms with Gasteiger partial charge in [0.2, 0.25) is 17.8 Å². The van der Waals surface area contributed by atoms with Crippen LogP contribution in [-0.4, -0.2) is 40.6 Å². The molecular formula is C14H28N6. The van der Waals surface area contributed by atoms with E-state index in [1.165, 1.54) is 0 Å². The van der Waals surface area contributed by atoms with Gasteiger partial charge in [-0.15, -0.1) is 0 Å². The fourth-order valence-corrected chi connectivity index (χ4v) is 1.72. The lowest BCUT2D eigenvalue weighted by Crippen LogP contribution is -2.26. The summed E-state index contributed by atoms with van der Waals surface area (Å²) >= 11 is 0. The monoisotopic (exact) mass is 280 g/mol. The Balaban J connectivity index is 2.99. The van der Waals surface area contributed by atoms with E-state index >= 15 is 0 Å². The predicted molar refractivity (Wildman–Crippen MR) is 85.5 cm³/mol. The maximum absolute atomic E-state index is 4.52. The van der Waals surface area contributed by atoms with Gasteiger partial charge < -0.3 is 15.5 Å². The Bertz CT molecular complexity index is 391. The second-order valence-corrected chi connectivity index (χ2v) is 4.84.